The number of hydrogen-bond donors (Lipinski definition) is 1. The van der Waals surface area contributed by atoms with Gasteiger partial charge >= 0.3 is 6.18 Å². The number of ether oxygens (including phenoxy) is 1. The molecule has 1 heterocycles. The van der Waals surface area contributed by atoms with E-state index < -0.39 is 28.6 Å². The van der Waals surface area contributed by atoms with Gasteiger partial charge in [-0.2, -0.15) is 18.3 Å². The molecule has 124 valence electrons. The van der Waals surface area contributed by atoms with Gasteiger partial charge in [0.05, 0.1) is 12.2 Å². The first-order chi connectivity index (χ1) is 10.8. The minimum absolute atomic E-state index is 0.0994. The Hall–Kier alpha value is -2.22. The fourth-order valence-corrected chi connectivity index (χ4v) is 2.29. The Kier molecular flexibility index (Phi) is 4.84. The van der Waals surface area contributed by atoms with Gasteiger partial charge in [-0.15, -0.1) is 0 Å². The highest BCUT2D eigenvalue weighted by Crippen LogP contribution is 2.38. The molecular formula is C14H13ClF3N3O2. The largest absolute Gasteiger partial charge is 0.493 e. The second-order valence-corrected chi connectivity index (χ2v) is 4.88. The predicted octanol–water partition coefficient (Wildman–Crippen LogP) is 3.74. The van der Waals surface area contributed by atoms with Crippen molar-refractivity contribution in [1.82, 2.24) is 9.78 Å². The summed E-state index contributed by atoms with van der Waals surface area (Å²) in [6.07, 6.45) is -4.71. The molecule has 0 aliphatic heterocycles. The molecule has 0 unspecified atom stereocenters. The quantitative estimate of drug-likeness (QED) is 0.916. The monoisotopic (exact) mass is 347 g/mol. The van der Waals surface area contributed by atoms with Crippen molar-refractivity contribution in [2.24, 2.45) is 7.05 Å². The molecule has 1 N–H and O–H groups in total. The maximum atomic E-state index is 13.1. The summed E-state index contributed by atoms with van der Waals surface area (Å²) in [5.41, 5.74) is -1.62. The van der Waals surface area contributed by atoms with Gasteiger partial charge in [0.15, 0.2) is 10.8 Å². The fourth-order valence-electron chi connectivity index (χ4n) is 2.04. The third-order valence-electron chi connectivity index (χ3n) is 2.94. The first kappa shape index (κ1) is 17.1. The Morgan fingerprint density at radius 1 is 1.39 bits per heavy atom. The van der Waals surface area contributed by atoms with E-state index in [2.05, 4.69) is 10.4 Å². The smallest absolute Gasteiger partial charge is 0.435 e. The van der Waals surface area contributed by atoms with Gasteiger partial charge < -0.3 is 10.1 Å². The zero-order valence-corrected chi connectivity index (χ0v) is 13.0. The van der Waals surface area contributed by atoms with Crippen molar-refractivity contribution < 1.29 is 22.7 Å². The van der Waals surface area contributed by atoms with Crippen LogP contribution in [-0.4, -0.2) is 22.3 Å². The molecule has 2 aromatic rings. The summed E-state index contributed by atoms with van der Waals surface area (Å²) < 4.78 is 45.1. The van der Waals surface area contributed by atoms with Crippen LogP contribution in [0, 0.1) is 0 Å². The van der Waals surface area contributed by atoms with Crippen molar-refractivity contribution in [3.8, 4) is 5.75 Å². The fraction of sp³-hybridized carbons (Fsp3) is 0.286. The number of carbonyl (C=O) groups is 1. The molecule has 0 saturated carbocycles. The first-order valence-corrected chi connectivity index (χ1v) is 6.96. The number of nitrogens with one attached hydrogen (secondary N) is 1. The Balaban J connectivity index is 2.39. The summed E-state index contributed by atoms with van der Waals surface area (Å²) in [6.45, 7) is 2.04. The molecule has 0 radical (unpaired) electrons. The highest BCUT2D eigenvalue weighted by Gasteiger charge is 2.39. The second kappa shape index (κ2) is 6.49. The van der Waals surface area contributed by atoms with Gasteiger partial charge in [-0.25, -0.2) is 0 Å². The molecule has 2 rings (SSSR count). The van der Waals surface area contributed by atoms with Crippen LogP contribution in [0.4, 0.5) is 18.9 Å². The zero-order valence-electron chi connectivity index (χ0n) is 12.2. The van der Waals surface area contributed by atoms with Crippen LogP contribution >= 0.6 is 11.6 Å². The zero-order chi connectivity index (χ0) is 17.2. The van der Waals surface area contributed by atoms with E-state index in [0.29, 0.717) is 11.3 Å². The number of aromatic nitrogens is 2. The molecular weight excluding hydrogens is 335 g/mol. The summed E-state index contributed by atoms with van der Waals surface area (Å²) in [5.74, 6) is -0.504. The summed E-state index contributed by atoms with van der Waals surface area (Å²) >= 11 is 5.71. The molecule has 0 fully saturated rings. The van der Waals surface area contributed by atoms with Gasteiger partial charge in [0, 0.05) is 7.05 Å². The number of amides is 1. The molecule has 1 amide bonds. The second-order valence-electron chi connectivity index (χ2n) is 4.52. The number of halogens is 4. The number of nitrogens with zero attached hydrogens (tertiary/aromatic N) is 2. The maximum Gasteiger partial charge on any atom is 0.435 e. The molecule has 0 aliphatic carbocycles. The van der Waals surface area contributed by atoms with Crippen LogP contribution in [-0.2, 0) is 13.2 Å². The molecule has 0 saturated heterocycles. The molecule has 1 aromatic carbocycles. The van der Waals surface area contributed by atoms with Crippen molar-refractivity contribution in [3.63, 3.8) is 0 Å². The molecule has 9 heteroatoms. The average molecular weight is 348 g/mol. The molecule has 0 bridgehead atoms. The molecule has 0 spiro atoms. The topological polar surface area (TPSA) is 56.1 Å². The van der Waals surface area contributed by atoms with Crippen molar-refractivity contribution >= 4 is 23.2 Å². The number of para-hydroxylation sites is 1. The van der Waals surface area contributed by atoms with E-state index in [4.69, 9.17) is 16.3 Å². The van der Waals surface area contributed by atoms with E-state index in [9.17, 15) is 18.0 Å². The number of carbonyl (C=O) groups excluding carboxylic acids is 1. The Bertz CT molecular complexity index is 729. The van der Waals surface area contributed by atoms with E-state index >= 15 is 0 Å². The number of aryl methyl sites for hydroxylation is 1. The molecule has 0 atom stereocenters. The highest BCUT2D eigenvalue weighted by atomic mass is 35.5. The van der Waals surface area contributed by atoms with Crippen molar-refractivity contribution in [3.05, 3.63) is 40.7 Å². The number of benzene rings is 1. The molecule has 0 aliphatic rings. The van der Waals surface area contributed by atoms with Gasteiger partial charge in [0.1, 0.15) is 11.4 Å². The lowest BCUT2D eigenvalue weighted by molar-refractivity contribution is -0.143. The number of alkyl halides is 3. The summed E-state index contributed by atoms with van der Waals surface area (Å²) in [5, 5.41) is 5.22. The molecule has 1 aromatic heterocycles. The van der Waals surface area contributed by atoms with E-state index in [1.165, 1.54) is 6.07 Å². The highest BCUT2D eigenvalue weighted by molar-refractivity contribution is 6.33. The van der Waals surface area contributed by atoms with E-state index in [1.54, 1.807) is 25.1 Å². The van der Waals surface area contributed by atoms with E-state index in [1.807, 2.05) is 0 Å². The third kappa shape index (κ3) is 3.58. The molecule has 23 heavy (non-hydrogen) atoms. The standard InChI is InChI=1S/C14H13ClF3N3O2/c1-3-23-9-7-5-4-6-8(9)13(22)19-10-11(14(16,17)18)21(2)20-12(10)15/h4-7H,3H2,1-2H3,(H,19,22). The van der Waals surface area contributed by atoms with Crippen LogP contribution in [0.5, 0.6) is 5.75 Å². The average Bonchev–Trinajstić information content (AvgIpc) is 2.73. The maximum absolute atomic E-state index is 13.1. The van der Waals surface area contributed by atoms with Gasteiger partial charge in [-0.3, -0.25) is 9.48 Å². The summed E-state index contributed by atoms with van der Waals surface area (Å²) in [4.78, 5) is 12.3. The lowest BCUT2D eigenvalue weighted by Gasteiger charge is -2.12. The third-order valence-corrected chi connectivity index (χ3v) is 3.21. The number of hydrogen-bond acceptors (Lipinski definition) is 3. The van der Waals surface area contributed by atoms with E-state index in [-0.39, 0.29) is 11.3 Å². The lowest BCUT2D eigenvalue weighted by atomic mass is 10.2. The van der Waals surface area contributed by atoms with Crippen LogP contribution in [0.15, 0.2) is 24.3 Å². The van der Waals surface area contributed by atoms with Gasteiger partial charge in [-0.1, -0.05) is 23.7 Å². The first-order valence-electron chi connectivity index (χ1n) is 6.58. The molecule has 5 nitrogen and oxygen atoms in total. The van der Waals surface area contributed by atoms with Crippen molar-refractivity contribution in [1.29, 1.82) is 0 Å². The Morgan fingerprint density at radius 2 is 2.04 bits per heavy atom. The van der Waals surface area contributed by atoms with Crippen molar-refractivity contribution in [2.45, 2.75) is 13.1 Å². The van der Waals surface area contributed by atoms with Crippen LogP contribution in [0.1, 0.15) is 23.0 Å². The van der Waals surface area contributed by atoms with Gasteiger partial charge in [-0.05, 0) is 19.1 Å². The van der Waals surface area contributed by atoms with Crippen LogP contribution in [0.25, 0.3) is 0 Å². The number of rotatable bonds is 4. The minimum atomic E-state index is -4.71. The van der Waals surface area contributed by atoms with E-state index in [0.717, 1.165) is 7.05 Å². The lowest BCUT2D eigenvalue weighted by Crippen LogP contribution is -2.19. The van der Waals surface area contributed by atoms with Crippen molar-refractivity contribution in [2.75, 3.05) is 11.9 Å². The predicted molar refractivity (Wildman–Crippen MR) is 78.8 cm³/mol. The normalized spacial score (nSPS) is 11.4. The minimum Gasteiger partial charge on any atom is -0.493 e. The van der Waals surface area contributed by atoms with Gasteiger partial charge in [0.25, 0.3) is 5.91 Å². The summed E-state index contributed by atoms with van der Waals surface area (Å²) in [7, 11) is 1.10. The Labute approximate surface area is 135 Å². The SMILES string of the molecule is CCOc1ccccc1C(=O)Nc1c(Cl)nn(C)c1C(F)(F)F. The van der Waals surface area contributed by atoms with Crippen LogP contribution < -0.4 is 10.1 Å². The van der Waals surface area contributed by atoms with Crippen LogP contribution in [0.2, 0.25) is 5.15 Å². The Morgan fingerprint density at radius 3 is 2.65 bits per heavy atom. The number of anilines is 1. The summed E-state index contributed by atoms with van der Waals surface area (Å²) in [6, 6.07) is 6.22. The van der Waals surface area contributed by atoms with Gasteiger partial charge in [0.2, 0.25) is 0 Å². The van der Waals surface area contributed by atoms with Crippen LogP contribution in [0.3, 0.4) is 0 Å².